The molecule has 5 nitrogen and oxygen atoms in total. The van der Waals surface area contributed by atoms with Crippen molar-refractivity contribution in [2.24, 2.45) is 11.1 Å². The molecule has 1 saturated heterocycles. The Morgan fingerprint density at radius 3 is 2.73 bits per heavy atom. The van der Waals surface area contributed by atoms with Gasteiger partial charge in [-0.05, 0) is 62.7 Å². The zero-order valence-electron chi connectivity index (χ0n) is 17.9. The van der Waals surface area contributed by atoms with E-state index in [-0.39, 0.29) is 24.3 Å². The van der Waals surface area contributed by atoms with Gasteiger partial charge in [0.1, 0.15) is 12.3 Å². The van der Waals surface area contributed by atoms with Crippen molar-refractivity contribution >= 4 is 35.4 Å². The number of carbonyl (C=O) groups is 1. The van der Waals surface area contributed by atoms with E-state index in [0.717, 1.165) is 48.6 Å². The highest BCUT2D eigenvalue weighted by Crippen LogP contribution is 2.23. The van der Waals surface area contributed by atoms with Gasteiger partial charge in [-0.1, -0.05) is 29.4 Å². The van der Waals surface area contributed by atoms with Crippen molar-refractivity contribution < 1.29 is 14.4 Å². The van der Waals surface area contributed by atoms with Crippen LogP contribution in [0, 0.1) is 19.8 Å². The number of thiophene rings is 1. The Morgan fingerprint density at radius 1 is 1.23 bits per heavy atom. The van der Waals surface area contributed by atoms with Crippen LogP contribution in [0.5, 0.6) is 0 Å². The topological polar surface area (TPSA) is 51.1 Å². The summed E-state index contributed by atoms with van der Waals surface area (Å²) in [7, 11) is 0. The van der Waals surface area contributed by atoms with Gasteiger partial charge in [0, 0.05) is 18.7 Å². The summed E-state index contributed by atoms with van der Waals surface area (Å²) in [5, 5.41) is 6.62. The molecule has 0 N–H and O–H groups in total. The monoisotopic (exact) mass is 450 g/mol. The average molecular weight is 451 g/mol. The highest BCUT2D eigenvalue weighted by molar-refractivity contribution is 7.12. The molecule has 1 aromatic heterocycles. The molecule has 30 heavy (non-hydrogen) atoms. The molecule has 3 rings (SSSR count). The Hall–Kier alpha value is -1.89. The Morgan fingerprint density at radius 2 is 2.03 bits per heavy atom. The van der Waals surface area contributed by atoms with Crippen LogP contribution in [0.25, 0.3) is 0 Å². The molecule has 0 saturated carbocycles. The maximum Gasteiger partial charge on any atom is 0.310 e. The van der Waals surface area contributed by atoms with E-state index in [2.05, 4.69) is 47.5 Å². The third-order valence-electron chi connectivity index (χ3n) is 5.26. The third kappa shape index (κ3) is 6.30. The van der Waals surface area contributed by atoms with Gasteiger partial charge in [-0.15, -0.1) is 23.7 Å². The quantitative estimate of drug-likeness (QED) is 0.250. The fraction of sp³-hybridized carbons (Fsp3) is 0.478. The Labute approximate surface area is 189 Å². The molecule has 0 bridgehead atoms. The lowest BCUT2D eigenvalue weighted by Gasteiger charge is -2.30. The second-order valence-electron chi connectivity index (χ2n) is 7.41. The summed E-state index contributed by atoms with van der Waals surface area (Å²) >= 11 is 1.68. The van der Waals surface area contributed by atoms with Crippen molar-refractivity contribution in [3.63, 3.8) is 0 Å². The fourth-order valence-corrected chi connectivity index (χ4v) is 4.58. The van der Waals surface area contributed by atoms with Crippen LogP contribution in [0.1, 0.15) is 41.3 Å². The van der Waals surface area contributed by atoms with E-state index in [9.17, 15) is 4.79 Å². The molecule has 1 fully saturated rings. The molecule has 7 heteroatoms. The summed E-state index contributed by atoms with van der Waals surface area (Å²) in [6.45, 7) is 9.46. The van der Waals surface area contributed by atoms with Gasteiger partial charge < -0.3 is 9.57 Å². The molecule has 0 spiro atoms. The number of aryl methyl sites for hydroxylation is 2. The first kappa shape index (κ1) is 24.4. The zero-order valence-corrected chi connectivity index (χ0v) is 19.6. The highest BCUT2D eigenvalue weighted by atomic mass is 35.5. The van der Waals surface area contributed by atoms with Gasteiger partial charge in [0.25, 0.3) is 0 Å². The second-order valence-corrected chi connectivity index (χ2v) is 8.33. The predicted octanol–water partition coefficient (Wildman–Crippen LogP) is 4.83. The van der Waals surface area contributed by atoms with E-state index in [4.69, 9.17) is 9.57 Å². The average Bonchev–Trinajstić information content (AvgIpc) is 3.15. The highest BCUT2D eigenvalue weighted by Gasteiger charge is 2.26. The number of nitrogens with zero attached hydrogens (tertiary/aromatic N) is 2. The summed E-state index contributed by atoms with van der Waals surface area (Å²) in [5.74, 6) is -0.102. The van der Waals surface area contributed by atoms with Crippen molar-refractivity contribution in [1.82, 2.24) is 4.90 Å². The van der Waals surface area contributed by atoms with Crippen LogP contribution in [0.4, 0.5) is 0 Å². The van der Waals surface area contributed by atoms with Crippen LogP contribution >= 0.6 is 23.7 Å². The number of carbonyl (C=O) groups excluding carboxylic acids is 1. The Balaban J connectivity index is 0.00000320. The zero-order chi connectivity index (χ0) is 20.6. The summed E-state index contributed by atoms with van der Waals surface area (Å²) in [5.41, 5.74) is 4.36. The van der Waals surface area contributed by atoms with Crippen LogP contribution in [0.3, 0.4) is 0 Å². The maximum atomic E-state index is 12.0. The second kappa shape index (κ2) is 12.1. The molecule has 2 heterocycles. The number of esters is 1. The molecular weight excluding hydrogens is 420 g/mol. The molecule has 164 valence electrons. The summed E-state index contributed by atoms with van der Waals surface area (Å²) in [6, 6.07) is 10.4. The summed E-state index contributed by atoms with van der Waals surface area (Å²) in [6.07, 6.45) is 1.92. The minimum absolute atomic E-state index is 0. The van der Waals surface area contributed by atoms with Gasteiger partial charge in [0.15, 0.2) is 0 Å². The van der Waals surface area contributed by atoms with Crippen LogP contribution in [-0.2, 0) is 14.4 Å². The lowest BCUT2D eigenvalue weighted by atomic mass is 9.98. The largest absolute Gasteiger partial charge is 0.466 e. The van der Waals surface area contributed by atoms with Crippen molar-refractivity contribution in [3.8, 4) is 0 Å². The number of ether oxygens (including phenoxy) is 1. The number of halogens is 1. The first-order valence-corrected chi connectivity index (χ1v) is 11.2. The van der Waals surface area contributed by atoms with Gasteiger partial charge >= 0.3 is 5.97 Å². The number of benzene rings is 1. The van der Waals surface area contributed by atoms with Gasteiger partial charge in [-0.25, -0.2) is 0 Å². The SMILES string of the molecule is CCOC(=O)[C@@H]1CCCN(CCO/N=C(/c2ccccc2C)c2sccc2C)C1.Cl. The lowest BCUT2D eigenvalue weighted by Crippen LogP contribution is -2.40. The standard InChI is InChI=1S/C23H30N2O3S.ClH/c1-4-27-23(26)19-9-7-12-25(16-19)13-14-28-24-21(22-18(3)11-15-29-22)20-10-6-5-8-17(20)2;/h5-6,8,10-11,15,19H,4,7,9,12-14,16H2,1-3H3;1H/b24-21-;/t19-;/m1./s1. The molecule has 0 radical (unpaired) electrons. The van der Waals surface area contributed by atoms with Crippen LogP contribution in [-0.4, -0.2) is 49.4 Å². The van der Waals surface area contributed by atoms with Gasteiger partial charge in [-0.3, -0.25) is 9.69 Å². The van der Waals surface area contributed by atoms with E-state index in [1.807, 2.05) is 19.1 Å². The number of piperidine rings is 1. The minimum atomic E-state index is -0.0776. The maximum absolute atomic E-state index is 12.0. The smallest absolute Gasteiger partial charge is 0.310 e. The van der Waals surface area contributed by atoms with Crippen LogP contribution in [0.2, 0.25) is 0 Å². The van der Waals surface area contributed by atoms with Crippen molar-refractivity contribution in [2.75, 3.05) is 32.8 Å². The van der Waals surface area contributed by atoms with Crippen LogP contribution in [0.15, 0.2) is 40.9 Å². The van der Waals surface area contributed by atoms with E-state index < -0.39 is 0 Å². The van der Waals surface area contributed by atoms with E-state index in [1.54, 1.807) is 11.3 Å². The molecule has 1 aliphatic rings. The Bertz CT molecular complexity index is 852. The summed E-state index contributed by atoms with van der Waals surface area (Å²) in [4.78, 5) is 21.2. The molecule has 0 unspecified atom stereocenters. The molecule has 0 amide bonds. The normalized spacial score (nSPS) is 17.3. The molecule has 2 aromatic rings. The van der Waals surface area contributed by atoms with Crippen molar-refractivity contribution in [1.29, 1.82) is 0 Å². The van der Waals surface area contributed by atoms with Gasteiger partial charge in [-0.2, -0.15) is 0 Å². The van der Waals surface area contributed by atoms with Crippen LogP contribution < -0.4 is 0 Å². The fourth-order valence-electron chi connectivity index (χ4n) is 3.66. The van der Waals surface area contributed by atoms with E-state index in [0.29, 0.717) is 13.2 Å². The number of oxime groups is 1. The third-order valence-corrected chi connectivity index (χ3v) is 6.28. The first-order chi connectivity index (χ1) is 14.1. The van der Waals surface area contributed by atoms with Crippen molar-refractivity contribution in [2.45, 2.75) is 33.6 Å². The number of rotatable bonds is 8. The number of likely N-dealkylation sites (tertiary alicyclic amines) is 1. The van der Waals surface area contributed by atoms with Gasteiger partial charge in [0.05, 0.1) is 17.4 Å². The Kier molecular flexibility index (Phi) is 9.82. The van der Waals surface area contributed by atoms with E-state index >= 15 is 0 Å². The van der Waals surface area contributed by atoms with Crippen molar-refractivity contribution in [3.05, 3.63) is 57.3 Å². The molecule has 0 aliphatic carbocycles. The first-order valence-electron chi connectivity index (χ1n) is 10.3. The predicted molar refractivity (Wildman–Crippen MR) is 125 cm³/mol. The van der Waals surface area contributed by atoms with E-state index in [1.165, 1.54) is 11.1 Å². The summed E-state index contributed by atoms with van der Waals surface area (Å²) < 4.78 is 5.18. The number of hydrogen-bond donors (Lipinski definition) is 0. The molecule has 1 aliphatic heterocycles. The lowest BCUT2D eigenvalue weighted by molar-refractivity contribution is -0.150. The molecule has 1 aromatic carbocycles. The van der Waals surface area contributed by atoms with Gasteiger partial charge in [0.2, 0.25) is 0 Å². The molecule has 1 atom stereocenters. The molecular formula is C23H31ClN2O3S. The number of hydrogen-bond acceptors (Lipinski definition) is 6. The minimum Gasteiger partial charge on any atom is -0.466 e.